The summed E-state index contributed by atoms with van der Waals surface area (Å²) in [7, 11) is -3.40. The standard InChI is InChI=1S/C13H17N3O4S/c1-2-21(19,20)11-5-3-4-9(14)8(11)7-15-10-6-12(17)16-13(10)18/h3-6,15-18H,2,7,14H2,1H3. The molecule has 0 saturated carbocycles. The molecule has 0 bridgehead atoms. The second-order valence-electron chi connectivity index (χ2n) is 4.50. The van der Waals surface area contributed by atoms with E-state index in [1.54, 1.807) is 19.1 Å². The molecule has 0 aliphatic carbocycles. The number of aromatic hydroxyl groups is 2. The first-order valence-corrected chi connectivity index (χ1v) is 7.95. The van der Waals surface area contributed by atoms with Gasteiger partial charge in [-0.15, -0.1) is 0 Å². The summed E-state index contributed by atoms with van der Waals surface area (Å²) < 4.78 is 24.2. The number of sulfone groups is 1. The second-order valence-corrected chi connectivity index (χ2v) is 6.74. The molecular weight excluding hydrogens is 294 g/mol. The Morgan fingerprint density at radius 3 is 2.62 bits per heavy atom. The maximum atomic E-state index is 12.1. The molecule has 7 nitrogen and oxygen atoms in total. The molecule has 0 aliphatic heterocycles. The van der Waals surface area contributed by atoms with Gasteiger partial charge >= 0.3 is 0 Å². The third-order valence-electron chi connectivity index (χ3n) is 3.12. The van der Waals surface area contributed by atoms with Crippen LogP contribution in [0.25, 0.3) is 0 Å². The van der Waals surface area contributed by atoms with Crippen molar-refractivity contribution in [2.75, 3.05) is 16.8 Å². The Bertz CT molecular complexity index is 753. The van der Waals surface area contributed by atoms with Gasteiger partial charge in [-0.05, 0) is 12.1 Å². The van der Waals surface area contributed by atoms with Crippen LogP contribution in [0.15, 0.2) is 29.2 Å². The molecule has 0 amide bonds. The molecule has 0 aliphatic rings. The first-order chi connectivity index (χ1) is 9.85. The van der Waals surface area contributed by atoms with Gasteiger partial charge in [0.25, 0.3) is 0 Å². The monoisotopic (exact) mass is 311 g/mol. The highest BCUT2D eigenvalue weighted by molar-refractivity contribution is 7.91. The van der Waals surface area contributed by atoms with Crippen LogP contribution >= 0.6 is 0 Å². The number of benzene rings is 1. The van der Waals surface area contributed by atoms with Crippen LogP contribution in [0.4, 0.5) is 11.4 Å². The van der Waals surface area contributed by atoms with Crippen molar-refractivity contribution < 1.29 is 18.6 Å². The molecule has 8 heteroatoms. The molecule has 0 radical (unpaired) electrons. The van der Waals surface area contributed by atoms with Gasteiger partial charge in [-0.25, -0.2) is 8.42 Å². The van der Waals surface area contributed by atoms with Crippen LogP contribution in [0.5, 0.6) is 11.8 Å². The van der Waals surface area contributed by atoms with E-state index < -0.39 is 9.84 Å². The van der Waals surface area contributed by atoms with E-state index in [0.717, 1.165) is 0 Å². The summed E-state index contributed by atoms with van der Waals surface area (Å²) >= 11 is 0. The first-order valence-electron chi connectivity index (χ1n) is 6.30. The Balaban J connectivity index is 2.34. The van der Waals surface area contributed by atoms with Crippen LogP contribution in [0.2, 0.25) is 0 Å². The molecule has 21 heavy (non-hydrogen) atoms. The Kier molecular flexibility index (Phi) is 3.99. The van der Waals surface area contributed by atoms with Crippen molar-refractivity contribution in [3.63, 3.8) is 0 Å². The number of nitrogen functional groups attached to an aromatic ring is 1. The van der Waals surface area contributed by atoms with Crippen molar-refractivity contribution in [2.24, 2.45) is 0 Å². The number of nitrogens with one attached hydrogen (secondary N) is 2. The van der Waals surface area contributed by atoms with E-state index in [-0.39, 0.29) is 34.6 Å². The number of hydrogen-bond donors (Lipinski definition) is 5. The minimum Gasteiger partial charge on any atom is -0.494 e. The highest BCUT2D eigenvalue weighted by Gasteiger charge is 2.18. The van der Waals surface area contributed by atoms with Crippen LogP contribution < -0.4 is 11.1 Å². The molecule has 1 aromatic heterocycles. The van der Waals surface area contributed by atoms with Gasteiger partial charge in [0.2, 0.25) is 5.88 Å². The predicted octanol–water partition coefficient (Wildman–Crippen LogP) is 1.41. The zero-order chi connectivity index (χ0) is 15.6. The van der Waals surface area contributed by atoms with Crippen molar-refractivity contribution >= 4 is 21.2 Å². The highest BCUT2D eigenvalue weighted by Crippen LogP contribution is 2.29. The van der Waals surface area contributed by atoms with Crippen LogP contribution in [0.1, 0.15) is 12.5 Å². The summed E-state index contributed by atoms with van der Waals surface area (Å²) in [4.78, 5) is 2.48. The smallest absolute Gasteiger partial charge is 0.215 e. The molecule has 114 valence electrons. The molecule has 2 rings (SSSR count). The van der Waals surface area contributed by atoms with Gasteiger partial charge in [0.1, 0.15) is 5.69 Å². The number of anilines is 2. The Labute approximate surface area is 122 Å². The fourth-order valence-electron chi connectivity index (χ4n) is 1.97. The Morgan fingerprint density at radius 2 is 2.05 bits per heavy atom. The molecule has 1 heterocycles. The van der Waals surface area contributed by atoms with Crippen molar-refractivity contribution in [3.8, 4) is 11.8 Å². The van der Waals surface area contributed by atoms with Crippen LogP contribution in [0, 0.1) is 0 Å². The largest absolute Gasteiger partial charge is 0.494 e. The maximum Gasteiger partial charge on any atom is 0.215 e. The number of H-pyrrole nitrogens is 1. The van der Waals surface area contributed by atoms with E-state index in [9.17, 15) is 18.6 Å². The van der Waals surface area contributed by atoms with E-state index >= 15 is 0 Å². The van der Waals surface area contributed by atoms with Crippen LogP contribution in [-0.2, 0) is 16.4 Å². The predicted molar refractivity (Wildman–Crippen MR) is 80.0 cm³/mol. The topological polar surface area (TPSA) is 128 Å². The van der Waals surface area contributed by atoms with E-state index in [1.165, 1.54) is 12.1 Å². The number of rotatable bonds is 5. The average molecular weight is 311 g/mol. The van der Waals surface area contributed by atoms with E-state index in [1.807, 2.05) is 0 Å². The lowest BCUT2D eigenvalue weighted by Gasteiger charge is -2.13. The van der Waals surface area contributed by atoms with Gasteiger partial charge in [-0.3, -0.25) is 4.98 Å². The zero-order valence-corrected chi connectivity index (χ0v) is 12.2. The molecule has 1 aromatic carbocycles. The quantitative estimate of drug-likeness (QED) is 0.531. The average Bonchev–Trinajstić information content (AvgIpc) is 2.75. The van der Waals surface area contributed by atoms with Gasteiger partial charge in [0.05, 0.1) is 10.6 Å². The van der Waals surface area contributed by atoms with Gasteiger partial charge in [0, 0.05) is 23.9 Å². The lowest BCUT2D eigenvalue weighted by Crippen LogP contribution is -2.12. The third kappa shape index (κ3) is 3.05. The summed E-state index contributed by atoms with van der Waals surface area (Å²) in [5.41, 5.74) is 6.89. The molecule has 0 spiro atoms. The molecule has 0 saturated heterocycles. The number of hydrogen-bond acceptors (Lipinski definition) is 6. The van der Waals surface area contributed by atoms with Crippen molar-refractivity contribution in [1.82, 2.24) is 4.98 Å². The summed E-state index contributed by atoms with van der Waals surface area (Å²) in [5.74, 6) is -0.459. The normalized spacial score (nSPS) is 11.5. The number of aromatic nitrogens is 1. The Hall–Kier alpha value is -2.35. The SMILES string of the molecule is CCS(=O)(=O)c1cccc(N)c1CNc1cc(O)[nH]c1O. The molecule has 2 aromatic rings. The lowest BCUT2D eigenvalue weighted by molar-refractivity contribution is 0.426. The molecule has 6 N–H and O–H groups in total. The lowest BCUT2D eigenvalue weighted by atomic mass is 10.2. The summed E-state index contributed by atoms with van der Waals surface area (Å²) in [6.45, 7) is 1.66. The van der Waals surface area contributed by atoms with E-state index in [0.29, 0.717) is 11.3 Å². The first kappa shape index (κ1) is 15.0. The third-order valence-corrected chi connectivity index (χ3v) is 4.94. The van der Waals surface area contributed by atoms with Gasteiger partial charge in [-0.1, -0.05) is 13.0 Å². The molecular formula is C13H17N3O4S. The molecule has 0 fully saturated rings. The van der Waals surface area contributed by atoms with Crippen LogP contribution in [-0.4, -0.2) is 29.4 Å². The highest BCUT2D eigenvalue weighted by atomic mass is 32.2. The summed E-state index contributed by atoms with van der Waals surface area (Å²) in [6.07, 6.45) is 0. The zero-order valence-electron chi connectivity index (χ0n) is 11.4. The second kappa shape index (κ2) is 5.57. The molecule has 0 unspecified atom stereocenters. The molecule has 0 atom stereocenters. The fourth-order valence-corrected chi connectivity index (χ4v) is 3.13. The van der Waals surface area contributed by atoms with E-state index in [4.69, 9.17) is 5.73 Å². The van der Waals surface area contributed by atoms with Gasteiger partial charge < -0.3 is 21.3 Å². The summed E-state index contributed by atoms with van der Waals surface area (Å²) in [5, 5.41) is 21.6. The van der Waals surface area contributed by atoms with Gasteiger partial charge in [0.15, 0.2) is 15.7 Å². The Morgan fingerprint density at radius 1 is 1.33 bits per heavy atom. The maximum absolute atomic E-state index is 12.1. The fraction of sp³-hybridized carbons (Fsp3) is 0.231. The summed E-state index contributed by atoms with van der Waals surface area (Å²) in [6, 6.07) is 5.99. The minimum absolute atomic E-state index is 0.0281. The van der Waals surface area contributed by atoms with Crippen molar-refractivity contribution in [1.29, 1.82) is 0 Å². The van der Waals surface area contributed by atoms with Gasteiger partial charge in [-0.2, -0.15) is 0 Å². The van der Waals surface area contributed by atoms with Crippen LogP contribution in [0.3, 0.4) is 0 Å². The van der Waals surface area contributed by atoms with Crippen molar-refractivity contribution in [2.45, 2.75) is 18.4 Å². The van der Waals surface area contributed by atoms with Crippen molar-refractivity contribution in [3.05, 3.63) is 29.8 Å². The van der Waals surface area contributed by atoms with E-state index in [2.05, 4.69) is 10.3 Å². The number of aromatic amines is 1. The number of nitrogens with two attached hydrogens (primary N) is 1. The minimum atomic E-state index is -3.40.